The Hall–Kier alpha value is -0.810. The summed E-state index contributed by atoms with van der Waals surface area (Å²) in [4.78, 5) is 4.14. The topological polar surface area (TPSA) is 24.9 Å². The molecule has 0 aromatic carbocycles. The first-order chi connectivity index (χ1) is 8.44. The molecular weight excluding hydrogens is 265 g/mol. The van der Waals surface area contributed by atoms with Crippen molar-refractivity contribution in [3.63, 3.8) is 0 Å². The zero-order valence-electron chi connectivity index (χ0n) is 10.1. The van der Waals surface area contributed by atoms with E-state index in [1.165, 1.54) is 0 Å². The first-order valence-electron chi connectivity index (χ1n) is 5.84. The number of nitrogens with one attached hydrogen (secondary N) is 1. The van der Waals surface area contributed by atoms with E-state index in [9.17, 15) is 13.2 Å². The SMILES string of the molecule is CCNC(CCCC(F)(F)F)c1ncccc1Cl. The van der Waals surface area contributed by atoms with Gasteiger partial charge >= 0.3 is 6.18 Å². The standard InChI is InChI=1S/C12H16ClF3N2/c1-2-17-10(6-3-7-12(14,15)16)11-9(13)5-4-8-18-11/h4-5,8,10,17H,2-3,6-7H2,1H3. The number of rotatable bonds is 6. The van der Waals surface area contributed by atoms with Gasteiger partial charge in [-0.15, -0.1) is 0 Å². The highest BCUT2D eigenvalue weighted by Crippen LogP contribution is 2.28. The summed E-state index contributed by atoms with van der Waals surface area (Å²) in [6.07, 6.45) is -2.86. The molecule has 0 radical (unpaired) electrons. The average molecular weight is 281 g/mol. The van der Waals surface area contributed by atoms with Gasteiger partial charge in [0.25, 0.3) is 0 Å². The Labute approximate surface area is 110 Å². The molecule has 6 heteroatoms. The zero-order chi connectivity index (χ0) is 13.6. The molecule has 0 bridgehead atoms. The molecule has 2 nitrogen and oxygen atoms in total. The van der Waals surface area contributed by atoms with Crippen molar-refractivity contribution < 1.29 is 13.2 Å². The maximum atomic E-state index is 12.1. The molecule has 0 aliphatic rings. The van der Waals surface area contributed by atoms with Crippen molar-refractivity contribution in [3.8, 4) is 0 Å². The number of pyridine rings is 1. The Balaban J connectivity index is 2.63. The van der Waals surface area contributed by atoms with Crippen LogP contribution in [0, 0.1) is 0 Å². The molecule has 1 aromatic rings. The molecule has 1 aromatic heterocycles. The predicted molar refractivity (Wildman–Crippen MR) is 65.6 cm³/mol. The third-order valence-corrected chi connectivity index (χ3v) is 2.84. The number of alkyl halides is 3. The minimum Gasteiger partial charge on any atom is -0.309 e. The van der Waals surface area contributed by atoms with E-state index in [0.29, 0.717) is 23.7 Å². The fourth-order valence-electron chi connectivity index (χ4n) is 1.74. The normalized spacial score (nSPS) is 13.6. The van der Waals surface area contributed by atoms with E-state index in [1.807, 2.05) is 6.92 Å². The van der Waals surface area contributed by atoms with Gasteiger partial charge in [0.05, 0.1) is 16.8 Å². The Morgan fingerprint density at radius 3 is 2.72 bits per heavy atom. The van der Waals surface area contributed by atoms with Gasteiger partial charge in [0.15, 0.2) is 0 Å². The van der Waals surface area contributed by atoms with Crippen LogP contribution in [-0.2, 0) is 0 Å². The molecule has 1 heterocycles. The molecule has 0 spiro atoms. The molecular formula is C12H16ClF3N2. The fraction of sp³-hybridized carbons (Fsp3) is 0.583. The Bertz CT molecular complexity index is 369. The van der Waals surface area contributed by atoms with Crippen LogP contribution in [0.2, 0.25) is 5.02 Å². The van der Waals surface area contributed by atoms with Crippen molar-refractivity contribution in [2.75, 3.05) is 6.54 Å². The van der Waals surface area contributed by atoms with Crippen LogP contribution in [0.1, 0.15) is 37.9 Å². The summed E-state index contributed by atoms with van der Waals surface area (Å²) >= 11 is 6.00. The smallest absolute Gasteiger partial charge is 0.309 e. The molecule has 0 saturated heterocycles. The molecule has 18 heavy (non-hydrogen) atoms. The van der Waals surface area contributed by atoms with Crippen molar-refractivity contribution in [2.24, 2.45) is 0 Å². The van der Waals surface area contributed by atoms with Crippen LogP contribution >= 0.6 is 11.6 Å². The van der Waals surface area contributed by atoms with E-state index in [-0.39, 0.29) is 12.5 Å². The highest BCUT2D eigenvalue weighted by molar-refractivity contribution is 6.31. The summed E-state index contributed by atoms with van der Waals surface area (Å²) in [7, 11) is 0. The number of hydrogen-bond acceptors (Lipinski definition) is 2. The Kier molecular flexibility index (Phi) is 5.88. The first-order valence-corrected chi connectivity index (χ1v) is 6.22. The lowest BCUT2D eigenvalue weighted by molar-refractivity contribution is -0.135. The van der Waals surface area contributed by atoms with E-state index in [2.05, 4.69) is 10.3 Å². The van der Waals surface area contributed by atoms with Crippen LogP contribution in [0.3, 0.4) is 0 Å². The van der Waals surface area contributed by atoms with E-state index in [1.54, 1.807) is 18.3 Å². The van der Waals surface area contributed by atoms with Crippen LogP contribution < -0.4 is 5.32 Å². The lowest BCUT2D eigenvalue weighted by Crippen LogP contribution is -2.22. The van der Waals surface area contributed by atoms with Crippen molar-refractivity contribution >= 4 is 11.6 Å². The average Bonchev–Trinajstić information content (AvgIpc) is 2.27. The molecule has 102 valence electrons. The van der Waals surface area contributed by atoms with E-state index in [0.717, 1.165) is 0 Å². The number of hydrogen-bond donors (Lipinski definition) is 1. The summed E-state index contributed by atoms with van der Waals surface area (Å²) in [5.74, 6) is 0. The van der Waals surface area contributed by atoms with Gasteiger partial charge < -0.3 is 5.32 Å². The third kappa shape index (κ3) is 5.23. The van der Waals surface area contributed by atoms with Gasteiger partial charge in [-0.1, -0.05) is 18.5 Å². The second-order valence-corrected chi connectivity index (χ2v) is 4.40. The fourth-order valence-corrected chi connectivity index (χ4v) is 2.00. The van der Waals surface area contributed by atoms with E-state index < -0.39 is 12.6 Å². The number of halogens is 4. The van der Waals surface area contributed by atoms with Crippen LogP contribution in [0.4, 0.5) is 13.2 Å². The molecule has 0 amide bonds. The summed E-state index contributed by atoms with van der Waals surface area (Å²) in [6, 6.07) is 3.16. The van der Waals surface area contributed by atoms with E-state index >= 15 is 0 Å². The summed E-state index contributed by atoms with van der Waals surface area (Å²) in [6.45, 7) is 2.55. The second kappa shape index (κ2) is 6.95. The van der Waals surface area contributed by atoms with Crippen molar-refractivity contribution in [3.05, 3.63) is 29.0 Å². The molecule has 1 unspecified atom stereocenters. The monoisotopic (exact) mass is 280 g/mol. The van der Waals surface area contributed by atoms with Gasteiger partial charge in [-0.05, 0) is 31.5 Å². The first kappa shape index (κ1) is 15.2. The molecule has 1 atom stereocenters. The number of aromatic nitrogens is 1. The minimum absolute atomic E-state index is 0.0636. The number of nitrogens with zero attached hydrogens (tertiary/aromatic N) is 1. The van der Waals surface area contributed by atoms with Gasteiger partial charge in [-0.2, -0.15) is 13.2 Å². The van der Waals surface area contributed by atoms with Crippen molar-refractivity contribution in [2.45, 2.75) is 38.4 Å². The minimum atomic E-state index is -4.11. The van der Waals surface area contributed by atoms with Crippen LogP contribution in [0.5, 0.6) is 0 Å². The zero-order valence-corrected chi connectivity index (χ0v) is 10.9. The maximum absolute atomic E-state index is 12.1. The molecule has 0 fully saturated rings. The third-order valence-electron chi connectivity index (χ3n) is 2.52. The van der Waals surface area contributed by atoms with Gasteiger partial charge in [-0.25, -0.2) is 0 Å². The Morgan fingerprint density at radius 1 is 1.44 bits per heavy atom. The largest absolute Gasteiger partial charge is 0.389 e. The van der Waals surface area contributed by atoms with Gasteiger partial charge in [0.1, 0.15) is 0 Å². The highest BCUT2D eigenvalue weighted by atomic mass is 35.5. The summed E-state index contributed by atoms with van der Waals surface area (Å²) in [5.41, 5.74) is 0.614. The van der Waals surface area contributed by atoms with Crippen LogP contribution in [0.15, 0.2) is 18.3 Å². The molecule has 0 aliphatic heterocycles. The molecule has 0 aliphatic carbocycles. The molecule has 0 saturated carbocycles. The molecule has 1 rings (SSSR count). The second-order valence-electron chi connectivity index (χ2n) is 3.99. The lowest BCUT2D eigenvalue weighted by atomic mass is 10.1. The highest BCUT2D eigenvalue weighted by Gasteiger charge is 2.27. The van der Waals surface area contributed by atoms with Crippen LogP contribution in [0.25, 0.3) is 0 Å². The van der Waals surface area contributed by atoms with Gasteiger partial charge in [0.2, 0.25) is 0 Å². The van der Waals surface area contributed by atoms with Crippen LogP contribution in [-0.4, -0.2) is 17.7 Å². The van der Waals surface area contributed by atoms with Gasteiger partial charge in [-0.3, -0.25) is 4.98 Å². The summed E-state index contributed by atoms with van der Waals surface area (Å²) < 4.78 is 36.3. The predicted octanol–water partition coefficient (Wildman–Crippen LogP) is 4.12. The summed E-state index contributed by atoms with van der Waals surface area (Å²) in [5, 5.41) is 3.59. The van der Waals surface area contributed by atoms with Crippen molar-refractivity contribution in [1.29, 1.82) is 0 Å². The Morgan fingerprint density at radius 2 is 2.17 bits per heavy atom. The maximum Gasteiger partial charge on any atom is 0.389 e. The lowest BCUT2D eigenvalue weighted by Gasteiger charge is -2.18. The van der Waals surface area contributed by atoms with Crippen molar-refractivity contribution in [1.82, 2.24) is 10.3 Å². The van der Waals surface area contributed by atoms with Gasteiger partial charge in [0, 0.05) is 12.6 Å². The van der Waals surface area contributed by atoms with E-state index in [4.69, 9.17) is 11.6 Å². The quantitative estimate of drug-likeness (QED) is 0.848. The molecule has 1 N–H and O–H groups in total.